The molecule has 1 atom stereocenters. The molecule has 1 aliphatic rings. The van der Waals surface area contributed by atoms with E-state index in [0.29, 0.717) is 17.9 Å². The van der Waals surface area contributed by atoms with Crippen LogP contribution in [-0.2, 0) is 15.7 Å². The van der Waals surface area contributed by atoms with E-state index >= 15 is 0 Å². The zero-order chi connectivity index (χ0) is 9.97. The summed E-state index contributed by atoms with van der Waals surface area (Å²) in [4.78, 5) is 0. The maximum absolute atomic E-state index is 12.8. The molecule has 1 aliphatic heterocycles. The Bertz CT molecular complexity index is 336. The van der Waals surface area contributed by atoms with Gasteiger partial charge in [0.15, 0.2) is 0 Å². The van der Waals surface area contributed by atoms with E-state index in [2.05, 4.69) is 0 Å². The lowest BCUT2D eigenvalue weighted by atomic mass is 10.2. The van der Waals surface area contributed by atoms with Crippen molar-refractivity contribution in [2.45, 2.75) is 6.61 Å². The molecule has 2 radical (unpaired) electrons. The lowest BCUT2D eigenvalue weighted by molar-refractivity contribution is 0.200. The quantitative estimate of drug-likeness (QED) is 0.554. The lowest BCUT2D eigenvalue weighted by Crippen LogP contribution is -2.06. The summed E-state index contributed by atoms with van der Waals surface area (Å²) in [5, 5.41) is 0. The third-order valence-corrected chi connectivity index (χ3v) is 2.75. The van der Waals surface area contributed by atoms with E-state index in [1.165, 1.54) is 12.1 Å². The average molecular weight is 212 g/mol. The molecular weight excluding hydrogens is 205 g/mol. The highest BCUT2D eigenvalue weighted by atomic mass is 31.2. The van der Waals surface area contributed by atoms with Crippen molar-refractivity contribution in [1.29, 1.82) is 0 Å². The predicted octanol–water partition coefficient (Wildman–Crippen LogP) is 2.10. The van der Waals surface area contributed by atoms with Crippen LogP contribution in [0, 0.1) is 5.82 Å². The van der Waals surface area contributed by atoms with Gasteiger partial charge in [-0.05, 0) is 18.2 Å². The largest absolute Gasteiger partial charge is 0.426 e. The van der Waals surface area contributed by atoms with E-state index in [4.69, 9.17) is 21.4 Å². The fraction of sp³-hybridized carbons (Fsp3) is 0.250. The highest BCUT2D eigenvalue weighted by Crippen LogP contribution is 2.46. The molecule has 3 nitrogen and oxygen atoms in total. The Morgan fingerprint density at radius 1 is 1.57 bits per heavy atom. The van der Waals surface area contributed by atoms with Crippen LogP contribution in [0.2, 0.25) is 0 Å². The van der Waals surface area contributed by atoms with Crippen molar-refractivity contribution in [3.8, 4) is 5.75 Å². The first kappa shape index (κ1) is 9.90. The Labute approximate surface area is 83.6 Å². The van der Waals surface area contributed by atoms with Crippen molar-refractivity contribution >= 4 is 16.4 Å². The van der Waals surface area contributed by atoms with Gasteiger partial charge in [0.1, 0.15) is 19.4 Å². The molecule has 0 N–H and O–H groups in total. The molecule has 0 saturated heterocycles. The molecule has 0 amide bonds. The summed E-state index contributed by atoms with van der Waals surface area (Å²) in [5.74, 6) is 0.291. The van der Waals surface area contributed by atoms with Crippen LogP contribution in [0.25, 0.3) is 0 Å². The molecule has 1 aromatic rings. The lowest BCUT2D eigenvalue weighted by Gasteiger charge is -2.23. The second kappa shape index (κ2) is 4.26. The van der Waals surface area contributed by atoms with Crippen LogP contribution in [0.1, 0.15) is 5.56 Å². The Hall–Kier alpha value is -0.635. The van der Waals surface area contributed by atoms with E-state index in [-0.39, 0.29) is 12.3 Å². The minimum atomic E-state index is -1.42. The molecule has 72 valence electrons. The number of rotatable bonds is 2. The highest BCUT2D eigenvalue weighted by molar-refractivity contribution is 7.42. The summed E-state index contributed by atoms with van der Waals surface area (Å²) in [6.45, 7) is 0.334. The van der Waals surface area contributed by atoms with Gasteiger partial charge >= 0.3 is 8.60 Å². The van der Waals surface area contributed by atoms with Crippen molar-refractivity contribution in [3.05, 3.63) is 29.6 Å². The van der Waals surface area contributed by atoms with Crippen LogP contribution in [0.15, 0.2) is 18.2 Å². The van der Waals surface area contributed by atoms with E-state index in [0.717, 1.165) is 0 Å². The maximum atomic E-state index is 12.8. The molecule has 0 bridgehead atoms. The zero-order valence-corrected chi connectivity index (χ0v) is 8.17. The summed E-state index contributed by atoms with van der Waals surface area (Å²) in [6, 6.07) is 4.27. The molecule has 6 heteroatoms. The summed E-state index contributed by atoms with van der Waals surface area (Å²) >= 11 is 0. The molecule has 14 heavy (non-hydrogen) atoms. The van der Waals surface area contributed by atoms with Crippen LogP contribution < -0.4 is 4.52 Å². The second-order valence-electron chi connectivity index (χ2n) is 2.64. The number of fused-ring (bicyclic) bond motifs is 1. The molecule has 0 fully saturated rings. The maximum Gasteiger partial charge on any atom is 0.396 e. The van der Waals surface area contributed by atoms with Gasteiger partial charge in [-0.3, -0.25) is 4.52 Å². The number of hydrogen-bond donors (Lipinski definition) is 0. The van der Waals surface area contributed by atoms with Gasteiger partial charge in [-0.25, -0.2) is 4.39 Å². The van der Waals surface area contributed by atoms with E-state index in [1.54, 1.807) is 6.07 Å². The Morgan fingerprint density at radius 2 is 2.43 bits per heavy atom. The zero-order valence-electron chi connectivity index (χ0n) is 7.27. The summed E-state index contributed by atoms with van der Waals surface area (Å²) < 4.78 is 28.2. The first-order valence-electron chi connectivity index (χ1n) is 4.02. The van der Waals surface area contributed by atoms with Crippen LogP contribution in [0.3, 0.4) is 0 Å². The van der Waals surface area contributed by atoms with Crippen LogP contribution in [0.5, 0.6) is 5.75 Å². The van der Waals surface area contributed by atoms with Gasteiger partial charge in [-0.2, -0.15) is 0 Å². The van der Waals surface area contributed by atoms with E-state index < -0.39 is 8.60 Å². The normalized spacial score (nSPS) is 19.9. The fourth-order valence-electron chi connectivity index (χ4n) is 1.10. The molecule has 0 spiro atoms. The molecule has 0 aromatic heterocycles. The topological polar surface area (TPSA) is 27.7 Å². The van der Waals surface area contributed by atoms with Crippen molar-refractivity contribution < 1.29 is 18.0 Å². The third kappa shape index (κ3) is 2.06. The minimum absolute atomic E-state index is 0.0439. The molecular formula is C8H7BFO3P. The Morgan fingerprint density at radius 3 is 3.21 bits per heavy atom. The fourth-order valence-corrected chi connectivity index (χ4v) is 1.99. The van der Waals surface area contributed by atoms with Crippen LogP contribution >= 0.6 is 8.60 Å². The molecule has 1 aromatic carbocycles. The molecule has 1 heterocycles. The van der Waals surface area contributed by atoms with Crippen molar-refractivity contribution in [3.63, 3.8) is 0 Å². The Kier molecular flexibility index (Phi) is 3.01. The molecule has 2 rings (SSSR count). The van der Waals surface area contributed by atoms with Gasteiger partial charge in [0.05, 0.1) is 6.61 Å². The standard InChI is InChI=1S/C8H7BFO3P/c9-5-12-14-11-4-6-3-7(10)1-2-8(6)13-14/h1-3H,4-5H2. The van der Waals surface area contributed by atoms with Gasteiger partial charge in [0.2, 0.25) is 0 Å². The van der Waals surface area contributed by atoms with Crippen molar-refractivity contribution in [2.24, 2.45) is 0 Å². The predicted molar refractivity (Wildman–Crippen MR) is 50.4 cm³/mol. The van der Waals surface area contributed by atoms with Gasteiger partial charge < -0.3 is 9.05 Å². The minimum Gasteiger partial charge on any atom is -0.426 e. The van der Waals surface area contributed by atoms with Crippen LogP contribution in [-0.4, -0.2) is 14.4 Å². The Balaban J connectivity index is 2.15. The summed E-state index contributed by atoms with van der Waals surface area (Å²) in [6.07, 6.45) is 0. The number of benzene rings is 1. The third-order valence-electron chi connectivity index (χ3n) is 1.70. The SMILES string of the molecule is [B]COP1OCc2cc(F)ccc2O1. The van der Waals surface area contributed by atoms with Gasteiger partial charge in [-0.1, -0.05) is 0 Å². The van der Waals surface area contributed by atoms with Crippen molar-refractivity contribution in [1.82, 2.24) is 0 Å². The first-order chi connectivity index (χ1) is 6.79. The smallest absolute Gasteiger partial charge is 0.396 e. The van der Waals surface area contributed by atoms with Gasteiger partial charge in [0, 0.05) is 12.1 Å². The molecule has 0 saturated carbocycles. The average Bonchev–Trinajstić information content (AvgIpc) is 2.19. The highest BCUT2D eigenvalue weighted by Gasteiger charge is 2.22. The number of halogens is 1. The van der Waals surface area contributed by atoms with Gasteiger partial charge in [0.25, 0.3) is 0 Å². The van der Waals surface area contributed by atoms with Crippen molar-refractivity contribution in [2.75, 3.05) is 6.51 Å². The summed E-state index contributed by atoms with van der Waals surface area (Å²) in [7, 11) is 3.76. The van der Waals surface area contributed by atoms with E-state index in [9.17, 15) is 4.39 Å². The van der Waals surface area contributed by atoms with E-state index in [1.807, 2.05) is 0 Å². The number of hydrogen-bond acceptors (Lipinski definition) is 3. The summed E-state index contributed by atoms with van der Waals surface area (Å²) in [5.41, 5.74) is 0.685. The monoisotopic (exact) mass is 212 g/mol. The van der Waals surface area contributed by atoms with Gasteiger partial charge in [-0.15, -0.1) is 0 Å². The van der Waals surface area contributed by atoms with Crippen LogP contribution in [0.4, 0.5) is 4.39 Å². The molecule has 1 unspecified atom stereocenters. The molecule has 0 aliphatic carbocycles. The second-order valence-corrected chi connectivity index (χ2v) is 3.78. The first-order valence-corrected chi connectivity index (χ1v) is 5.11.